The molecule has 1 amide bonds. The lowest BCUT2D eigenvalue weighted by molar-refractivity contribution is -0.256. The van der Waals surface area contributed by atoms with Crippen LogP contribution in [0.5, 0.6) is 0 Å². The number of nitrogens with zero attached hydrogens (tertiary/aromatic N) is 2. The van der Waals surface area contributed by atoms with Crippen molar-refractivity contribution >= 4 is 17.4 Å². The Hall–Kier alpha value is -3.28. The third-order valence-corrected chi connectivity index (χ3v) is 4.47. The summed E-state index contributed by atoms with van der Waals surface area (Å²) in [4.78, 5) is 11.6. The Morgan fingerprint density at radius 1 is 1.12 bits per heavy atom. The molecule has 0 aliphatic carbocycles. The first-order valence-corrected chi connectivity index (χ1v) is 9.23. The monoisotopic (exact) mass is 460 g/mol. The fourth-order valence-corrected chi connectivity index (χ4v) is 2.98. The summed E-state index contributed by atoms with van der Waals surface area (Å²) < 4.78 is 81.1. The maximum atomic E-state index is 13.4. The van der Waals surface area contributed by atoms with Crippen molar-refractivity contribution in [3.05, 3.63) is 65.7 Å². The van der Waals surface area contributed by atoms with Crippen LogP contribution in [0.1, 0.15) is 17.3 Å². The first-order valence-electron chi connectivity index (χ1n) is 9.23. The standard InChI is InChI=1S/C20H18F6N4O2/c21-18(20(24,25)26)19(22,23)11-32-10-12-5-4-8-14(9-12)30-17(13-6-2-1-3-7-13)28-16(29-30)15(27)31/h1-9,17-18H,10-11H2,(H2,27,31)(H,28,29). The molecular weight excluding hydrogens is 442 g/mol. The number of ether oxygens (including phenoxy) is 1. The third-order valence-electron chi connectivity index (χ3n) is 4.47. The van der Waals surface area contributed by atoms with E-state index in [2.05, 4.69) is 15.2 Å². The first-order chi connectivity index (χ1) is 15.0. The number of alkyl halides is 6. The van der Waals surface area contributed by atoms with Crippen molar-refractivity contribution in [2.75, 3.05) is 11.6 Å². The van der Waals surface area contributed by atoms with Gasteiger partial charge in [-0.15, -0.1) is 5.10 Å². The average molecular weight is 460 g/mol. The highest BCUT2D eigenvalue weighted by molar-refractivity contribution is 6.38. The van der Waals surface area contributed by atoms with Gasteiger partial charge in [0.05, 0.1) is 12.3 Å². The van der Waals surface area contributed by atoms with Gasteiger partial charge < -0.3 is 15.8 Å². The van der Waals surface area contributed by atoms with Gasteiger partial charge in [-0.1, -0.05) is 42.5 Å². The van der Waals surface area contributed by atoms with Crippen molar-refractivity contribution in [3.63, 3.8) is 0 Å². The molecule has 0 aromatic heterocycles. The normalized spacial score (nSPS) is 17.6. The molecule has 172 valence electrons. The summed E-state index contributed by atoms with van der Waals surface area (Å²) in [5.74, 6) is -5.62. The minimum absolute atomic E-state index is 0.0960. The zero-order valence-corrected chi connectivity index (χ0v) is 16.3. The summed E-state index contributed by atoms with van der Waals surface area (Å²) in [5, 5.41) is 8.48. The number of halogens is 6. The molecule has 2 aromatic rings. The zero-order chi connectivity index (χ0) is 23.5. The summed E-state index contributed by atoms with van der Waals surface area (Å²) in [6.45, 7) is -2.25. The summed E-state index contributed by atoms with van der Waals surface area (Å²) in [7, 11) is 0. The Morgan fingerprint density at radius 2 is 1.81 bits per heavy atom. The lowest BCUT2D eigenvalue weighted by atomic mass is 10.1. The number of amidine groups is 1. The predicted molar refractivity (Wildman–Crippen MR) is 103 cm³/mol. The van der Waals surface area contributed by atoms with E-state index in [4.69, 9.17) is 5.73 Å². The van der Waals surface area contributed by atoms with Gasteiger partial charge in [-0.3, -0.25) is 4.79 Å². The van der Waals surface area contributed by atoms with Gasteiger partial charge in [0, 0.05) is 0 Å². The molecule has 0 saturated heterocycles. The van der Waals surface area contributed by atoms with Crippen LogP contribution in [0.4, 0.5) is 32.0 Å². The van der Waals surface area contributed by atoms with Crippen molar-refractivity contribution in [2.24, 2.45) is 10.8 Å². The number of carbonyl (C=O) groups excluding carboxylic acids is 1. The number of hydrazone groups is 1. The van der Waals surface area contributed by atoms with E-state index >= 15 is 0 Å². The van der Waals surface area contributed by atoms with Crippen molar-refractivity contribution in [1.82, 2.24) is 5.32 Å². The van der Waals surface area contributed by atoms with Crippen LogP contribution >= 0.6 is 0 Å². The number of nitrogens with one attached hydrogen (secondary N) is 1. The molecule has 2 aromatic carbocycles. The zero-order valence-electron chi connectivity index (χ0n) is 16.3. The molecule has 1 aliphatic rings. The molecule has 0 bridgehead atoms. The number of hydrogen-bond acceptors (Lipinski definition) is 5. The highest BCUT2D eigenvalue weighted by atomic mass is 19.4. The lowest BCUT2D eigenvalue weighted by Crippen LogP contribution is -2.44. The molecular formula is C20H18F6N4O2. The molecule has 2 unspecified atom stereocenters. The van der Waals surface area contributed by atoms with Crippen LogP contribution in [-0.2, 0) is 16.1 Å². The minimum atomic E-state index is -5.70. The van der Waals surface area contributed by atoms with Crippen LogP contribution in [0, 0.1) is 0 Å². The Labute approximate surface area is 178 Å². The van der Waals surface area contributed by atoms with Crippen LogP contribution in [0.3, 0.4) is 0 Å². The molecule has 32 heavy (non-hydrogen) atoms. The van der Waals surface area contributed by atoms with Gasteiger partial charge >= 0.3 is 12.1 Å². The van der Waals surface area contributed by atoms with Gasteiger partial charge in [0.15, 0.2) is 0 Å². The lowest BCUT2D eigenvalue weighted by Gasteiger charge is -2.24. The molecule has 0 spiro atoms. The Bertz CT molecular complexity index is 984. The number of rotatable bonds is 8. The van der Waals surface area contributed by atoms with Crippen LogP contribution in [-0.4, -0.2) is 36.6 Å². The first kappa shape index (κ1) is 23.4. The molecule has 6 nitrogen and oxygen atoms in total. The molecule has 3 N–H and O–H groups in total. The number of hydrogen-bond donors (Lipinski definition) is 2. The van der Waals surface area contributed by atoms with Crippen LogP contribution in [0.2, 0.25) is 0 Å². The number of benzene rings is 2. The molecule has 1 aliphatic heterocycles. The summed E-state index contributed by atoms with van der Waals surface area (Å²) in [5.41, 5.74) is 6.79. The number of primary amides is 1. The summed E-state index contributed by atoms with van der Waals surface area (Å²) in [6, 6.07) is 15.1. The van der Waals surface area contributed by atoms with Crippen LogP contribution in [0.25, 0.3) is 0 Å². The molecule has 3 rings (SSSR count). The van der Waals surface area contributed by atoms with Gasteiger partial charge in [-0.05, 0) is 23.3 Å². The molecule has 0 saturated carbocycles. The highest BCUT2D eigenvalue weighted by Gasteiger charge is 2.56. The maximum Gasteiger partial charge on any atom is 0.425 e. The van der Waals surface area contributed by atoms with Gasteiger partial charge in [0.2, 0.25) is 5.84 Å². The number of amides is 1. The SMILES string of the molecule is NC(=O)C1=NN(c2cccc(COCC(F)(F)C(F)C(F)(F)F)c2)C(c2ccccc2)N1. The largest absolute Gasteiger partial charge is 0.425 e. The van der Waals surface area contributed by atoms with E-state index in [1.165, 1.54) is 17.1 Å². The second-order valence-corrected chi connectivity index (χ2v) is 6.94. The second kappa shape index (κ2) is 9.07. The van der Waals surface area contributed by atoms with E-state index < -0.39 is 43.6 Å². The summed E-state index contributed by atoms with van der Waals surface area (Å²) >= 11 is 0. The minimum Gasteiger partial charge on any atom is -0.370 e. The maximum absolute atomic E-state index is 13.4. The van der Waals surface area contributed by atoms with Gasteiger partial charge in [-0.25, -0.2) is 18.2 Å². The fourth-order valence-electron chi connectivity index (χ4n) is 2.98. The van der Waals surface area contributed by atoms with E-state index in [0.29, 0.717) is 11.3 Å². The Kier molecular flexibility index (Phi) is 6.63. The molecule has 0 fully saturated rings. The number of carbonyl (C=O) groups is 1. The number of anilines is 1. The van der Waals surface area contributed by atoms with Gasteiger partial charge in [-0.2, -0.15) is 13.2 Å². The Morgan fingerprint density at radius 3 is 2.44 bits per heavy atom. The molecule has 1 heterocycles. The van der Waals surface area contributed by atoms with E-state index in [-0.39, 0.29) is 5.84 Å². The molecule has 0 radical (unpaired) electrons. The highest BCUT2D eigenvalue weighted by Crippen LogP contribution is 2.35. The van der Waals surface area contributed by atoms with Crippen molar-refractivity contribution < 1.29 is 35.9 Å². The van der Waals surface area contributed by atoms with Crippen LogP contribution in [0.15, 0.2) is 59.7 Å². The second-order valence-electron chi connectivity index (χ2n) is 6.94. The van der Waals surface area contributed by atoms with E-state index in [9.17, 15) is 31.1 Å². The molecule has 2 atom stereocenters. The molecule has 12 heteroatoms. The van der Waals surface area contributed by atoms with Crippen molar-refractivity contribution in [1.29, 1.82) is 0 Å². The van der Waals surface area contributed by atoms with Gasteiger partial charge in [0.25, 0.3) is 12.1 Å². The smallest absolute Gasteiger partial charge is 0.370 e. The Balaban J connectivity index is 1.75. The predicted octanol–water partition coefficient (Wildman–Crippen LogP) is 3.65. The average Bonchev–Trinajstić information content (AvgIpc) is 3.19. The van der Waals surface area contributed by atoms with Gasteiger partial charge in [0.1, 0.15) is 12.8 Å². The van der Waals surface area contributed by atoms with Crippen LogP contribution < -0.4 is 16.1 Å². The summed E-state index contributed by atoms with van der Waals surface area (Å²) in [6.07, 6.45) is -10.6. The van der Waals surface area contributed by atoms with E-state index in [1.807, 2.05) is 0 Å². The van der Waals surface area contributed by atoms with E-state index in [1.54, 1.807) is 42.5 Å². The van der Waals surface area contributed by atoms with E-state index in [0.717, 1.165) is 5.56 Å². The van der Waals surface area contributed by atoms with Crippen molar-refractivity contribution in [3.8, 4) is 0 Å². The number of nitrogens with two attached hydrogens (primary N) is 1. The van der Waals surface area contributed by atoms with Crippen molar-refractivity contribution in [2.45, 2.75) is 31.0 Å². The quantitative estimate of drug-likeness (QED) is 0.590. The third kappa shape index (κ3) is 5.31. The fraction of sp³-hybridized carbons (Fsp3) is 0.300. The topological polar surface area (TPSA) is 80.0 Å².